The molecular weight excluding hydrogens is 993 g/mol. The highest BCUT2D eigenvalue weighted by Gasteiger charge is 2.30. The van der Waals surface area contributed by atoms with Gasteiger partial charge >= 0.3 is 0 Å². The summed E-state index contributed by atoms with van der Waals surface area (Å²) in [6.45, 7) is 0. The molecule has 1 atom stereocenters. The molecule has 0 saturated carbocycles. The van der Waals surface area contributed by atoms with Crippen molar-refractivity contribution in [1.82, 2.24) is 4.57 Å². The van der Waals surface area contributed by atoms with Gasteiger partial charge in [-0.2, -0.15) is 0 Å². The Labute approximate surface area is 476 Å². The van der Waals surface area contributed by atoms with Gasteiger partial charge in [-0.1, -0.05) is 231 Å². The van der Waals surface area contributed by atoms with Crippen LogP contribution in [0.5, 0.6) is 0 Å². The SMILES string of the molecule is c1ccc(C2c3ccccc3-c3cc(-c4ccc(-c5ccc(N(c6ccc(-c7ccc(-c8ccc9c(c8)c8ccccc8n9-c8ccccc8)cc7)cc6)c6ccc(-c7cccc8c7oc7ccccc78)cc6)cc5)cc4)ccc32)cc1. The molecular formula is C79H52N2O. The maximum absolute atomic E-state index is 6.49. The fourth-order valence-electron chi connectivity index (χ4n) is 12.9. The Kier molecular flexibility index (Phi) is 11.3. The Morgan fingerprint density at radius 2 is 0.732 bits per heavy atom. The molecule has 2 aromatic heterocycles. The predicted molar refractivity (Wildman–Crippen MR) is 343 cm³/mol. The van der Waals surface area contributed by atoms with Crippen molar-refractivity contribution in [3.8, 4) is 72.4 Å². The number of nitrogens with zero attached hydrogens (tertiary/aromatic N) is 2. The van der Waals surface area contributed by atoms with Crippen LogP contribution in [0.2, 0.25) is 0 Å². The zero-order valence-corrected chi connectivity index (χ0v) is 44.8. The minimum atomic E-state index is 0.241. The molecule has 3 nitrogen and oxygen atoms in total. The molecule has 2 heterocycles. The summed E-state index contributed by atoms with van der Waals surface area (Å²) in [4.78, 5) is 2.35. The fraction of sp³-hybridized carbons (Fsp3) is 0.0127. The molecule has 16 rings (SSSR count). The van der Waals surface area contributed by atoms with Gasteiger partial charge in [-0.05, 0) is 157 Å². The molecule has 1 unspecified atom stereocenters. The van der Waals surface area contributed by atoms with Crippen molar-refractivity contribution in [2.45, 2.75) is 5.92 Å². The molecule has 82 heavy (non-hydrogen) atoms. The largest absolute Gasteiger partial charge is 0.455 e. The number of fused-ring (bicyclic) bond motifs is 9. The first kappa shape index (κ1) is 47.3. The molecule has 13 aromatic carbocycles. The van der Waals surface area contributed by atoms with E-state index in [1.165, 1.54) is 83.0 Å². The lowest BCUT2D eigenvalue weighted by Gasteiger charge is -2.26. The van der Waals surface area contributed by atoms with E-state index in [-0.39, 0.29) is 5.92 Å². The number of anilines is 3. The lowest BCUT2D eigenvalue weighted by molar-refractivity contribution is 0.670. The molecule has 0 N–H and O–H groups in total. The highest BCUT2D eigenvalue weighted by Crippen LogP contribution is 2.49. The van der Waals surface area contributed by atoms with Crippen molar-refractivity contribution >= 4 is 60.8 Å². The Balaban J connectivity index is 0.704. The van der Waals surface area contributed by atoms with Crippen LogP contribution in [0, 0.1) is 0 Å². The molecule has 384 valence electrons. The van der Waals surface area contributed by atoms with Gasteiger partial charge in [0.05, 0.1) is 11.0 Å². The lowest BCUT2D eigenvalue weighted by Crippen LogP contribution is -2.09. The van der Waals surface area contributed by atoms with Gasteiger partial charge in [0.1, 0.15) is 11.2 Å². The molecule has 15 aromatic rings. The third kappa shape index (κ3) is 8.05. The van der Waals surface area contributed by atoms with Crippen molar-refractivity contribution in [3.63, 3.8) is 0 Å². The Morgan fingerprint density at radius 1 is 0.280 bits per heavy atom. The van der Waals surface area contributed by atoms with E-state index in [0.29, 0.717) is 0 Å². The standard InChI is InChI=1S/C79H52N2O/c1-3-14-59(15-4-1)78-70-21-8-7-18-67(70)73-50-60(40-48-71(73)78)56-30-26-52(27-31-56)54-34-42-63(43-35-54)80(65-46-38-58(39-47-65)66-22-13-23-72-69-20-10-12-25-77(69)82-79(66)72)64-44-36-55(37-45-64)53-28-32-57(33-29-53)61-41-49-76-74(51-61)68-19-9-11-24-75(68)81(76)62-16-5-2-6-17-62/h1-51,78H. The highest BCUT2D eigenvalue weighted by atomic mass is 16.3. The number of benzene rings is 13. The van der Waals surface area contributed by atoms with Crippen molar-refractivity contribution in [2.24, 2.45) is 0 Å². The van der Waals surface area contributed by atoms with Crippen LogP contribution in [-0.2, 0) is 0 Å². The second-order valence-corrected chi connectivity index (χ2v) is 21.6. The zero-order chi connectivity index (χ0) is 54.1. The van der Waals surface area contributed by atoms with Crippen LogP contribution in [-0.4, -0.2) is 4.57 Å². The van der Waals surface area contributed by atoms with Crippen molar-refractivity contribution < 1.29 is 4.42 Å². The van der Waals surface area contributed by atoms with Crippen LogP contribution in [0.3, 0.4) is 0 Å². The average Bonchev–Trinajstić information content (AvgIpc) is 4.40. The summed E-state index contributed by atoms with van der Waals surface area (Å²) in [6, 6.07) is 113. The molecule has 1 aliphatic carbocycles. The minimum absolute atomic E-state index is 0.241. The molecule has 0 radical (unpaired) electrons. The summed E-state index contributed by atoms with van der Waals surface area (Å²) in [7, 11) is 0. The summed E-state index contributed by atoms with van der Waals surface area (Å²) in [6.07, 6.45) is 0. The quantitative estimate of drug-likeness (QED) is 0.136. The Hall–Kier alpha value is -10.7. The van der Waals surface area contributed by atoms with Gasteiger partial charge in [-0.3, -0.25) is 0 Å². The molecule has 0 fully saturated rings. The van der Waals surface area contributed by atoms with Gasteiger partial charge < -0.3 is 13.9 Å². The first-order valence-corrected chi connectivity index (χ1v) is 28.2. The summed E-state index contributed by atoms with van der Waals surface area (Å²) < 4.78 is 8.85. The zero-order valence-electron chi connectivity index (χ0n) is 44.8. The number of para-hydroxylation sites is 4. The molecule has 1 aliphatic rings. The summed E-state index contributed by atoms with van der Waals surface area (Å²) in [5, 5.41) is 4.76. The Bertz CT molecular complexity index is 4860. The van der Waals surface area contributed by atoms with E-state index in [9.17, 15) is 0 Å². The summed E-state index contributed by atoms with van der Waals surface area (Å²) in [5.41, 5.74) is 27.0. The maximum Gasteiger partial charge on any atom is 0.143 e. The molecule has 0 amide bonds. The van der Waals surface area contributed by atoms with Crippen LogP contribution in [0.25, 0.3) is 116 Å². The summed E-state index contributed by atoms with van der Waals surface area (Å²) in [5.74, 6) is 0.241. The smallest absolute Gasteiger partial charge is 0.143 e. The lowest BCUT2D eigenvalue weighted by atomic mass is 9.89. The van der Waals surface area contributed by atoms with Gasteiger partial charge in [0, 0.05) is 55.8 Å². The van der Waals surface area contributed by atoms with E-state index in [4.69, 9.17) is 4.42 Å². The number of rotatable bonds is 10. The van der Waals surface area contributed by atoms with Crippen LogP contribution in [0.15, 0.2) is 314 Å². The number of hydrogen-bond acceptors (Lipinski definition) is 2. The van der Waals surface area contributed by atoms with Gasteiger partial charge in [0.2, 0.25) is 0 Å². The van der Waals surface area contributed by atoms with E-state index >= 15 is 0 Å². The number of furan rings is 1. The molecule has 0 saturated heterocycles. The van der Waals surface area contributed by atoms with E-state index in [1.54, 1.807) is 0 Å². The van der Waals surface area contributed by atoms with Crippen molar-refractivity contribution in [2.75, 3.05) is 4.90 Å². The fourth-order valence-corrected chi connectivity index (χ4v) is 12.9. The Morgan fingerprint density at radius 3 is 1.39 bits per heavy atom. The minimum Gasteiger partial charge on any atom is -0.455 e. The van der Waals surface area contributed by atoms with Crippen molar-refractivity contribution in [1.29, 1.82) is 0 Å². The maximum atomic E-state index is 6.49. The highest BCUT2D eigenvalue weighted by molar-refractivity contribution is 6.11. The third-order valence-corrected chi connectivity index (χ3v) is 16.9. The topological polar surface area (TPSA) is 21.3 Å². The van der Waals surface area contributed by atoms with E-state index in [0.717, 1.165) is 66.9 Å². The van der Waals surface area contributed by atoms with Crippen molar-refractivity contribution in [3.05, 3.63) is 326 Å². The van der Waals surface area contributed by atoms with Crippen LogP contribution < -0.4 is 4.90 Å². The average molecular weight is 1050 g/mol. The van der Waals surface area contributed by atoms with Crippen LogP contribution in [0.4, 0.5) is 17.1 Å². The van der Waals surface area contributed by atoms with E-state index in [1.807, 2.05) is 12.1 Å². The third-order valence-electron chi connectivity index (χ3n) is 16.9. The molecule has 3 heteroatoms. The molecule has 0 bridgehead atoms. The number of hydrogen-bond donors (Lipinski definition) is 0. The monoisotopic (exact) mass is 1040 g/mol. The second-order valence-electron chi connectivity index (χ2n) is 21.6. The number of aromatic nitrogens is 1. The molecule has 0 spiro atoms. The van der Waals surface area contributed by atoms with Crippen LogP contribution in [0.1, 0.15) is 22.6 Å². The first-order valence-electron chi connectivity index (χ1n) is 28.2. The second kappa shape index (κ2) is 19.6. The van der Waals surface area contributed by atoms with Crippen LogP contribution >= 0.6 is 0 Å². The first-order chi connectivity index (χ1) is 40.6. The predicted octanol–water partition coefficient (Wildman–Crippen LogP) is 21.6. The van der Waals surface area contributed by atoms with E-state index < -0.39 is 0 Å². The van der Waals surface area contributed by atoms with Gasteiger partial charge in [-0.15, -0.1) is 0 Å². The van der Waals surface area contributed by atoms with Gasteiger partial charge in [-0.25, -0.2) is 0 Å². The molecule has 0 aliphatic heterocycles. The van der Waals surface area contributed by atoms with Gasteiger partial charge in [0.25, 0.3) is 0 Å². The van der Waals surface area contributed by atoms with Gasteiger partial charge in [0.15, 0.2) is 0 Å². The summed E-state index contributed by atoms with van der Waals surface area (Å²) >= 11 is 0. The normalized spacial score (nSPS) is 12.8. The van der Waals surface area contributed by atoms with E-state index in [2.05, 4.69) is 307 Å².